The number of hydrogen-bond acceptors (Lipinski definition) is 5. The van der Waals surface area contributed by atoms with Gasteiger partial charge in [-0.15, -0.1) is 5.10 Å². The van der Waals surface area contributed by atoms with E-state index in [1.807, 2.05) is 0 Å². The number of nitrogens with zero attached hydrogens (tertiary/aromatic N) is 4. The highest BCUT2D eigenvalue weighted by atomic mass is 32.2. The van der Waals surface area contributed by atoms with E-state index >= 15 is 0 Å². The quantitative estimate of drug-likeness (QED) is 0.867. The van der Waals surface area contributed by atoms with Crippen molar-refractivity contribution in [2.24, 2.45) is 18.9 Å². The number of tetrazole rings is 1. The molecule has 1 aliphatic carbocycles. The second-order valence-corrected chi connectivity index (χ2v) is 7.46. The van der Waals surface area contributed by atoms with Crippen LogP contribution in [-0.4, -0.2) is 40.8 Å². The first-order valence-electron chi connectivity index (χ1n) is 7.46. The minimum Gasteiger partial charge on any atom is -0.205 e. The van der Waals surface area contributed by atoms with Gasteiger partial charge in [0.2, 0.25) is 0 Å². The van der Waals surface area contributed by atoms with Crippen molar-refractivity contribution >= 4 is 10.0 Å². The molecule has 0 amide bonds. The first-order valence-corrected chi connectivity index (χ1v) is 8.95. The maximum Gasteiger partial charge on any atom is 0.391 e. The van der Waals surface area contributed by atoms with Crippen LogP contribution in [0.3, 0.4) is 0 Å². The van der Waals surface area contributed by atoms with Gasteiger partial charge in [0.1, 0.15) is 0 Å². The van der Waals surface area contributed by atoms with Crippen LogP contribution in [-0.2, 0) is 17.1 Å². The molecule has 1 aromatic rings. The standard InChI is InChI=1S/C12H20F3N5O2S/c1-3-10(8-4-6-9(7-5-8)12(13,14)15)18-23(21,22)11-16-19-20(2)17-11/h8-10,18H,3-7H2,1-2H3. The molecule has 1 N–H and O–H groups in total. The van der Waals surface area contributed by atoms with Crippen LogP contribution < -0.4 is 4.72 Å². The van der Waals surface area contributed by atoms with E-state index in [9.17, 15) is 21.6 Å². The van der Waals surface area contributed by atoms with Crippen LogP contribution in [0.4, 0.5) is 13.2 Å². The molecule has 7 nitrogen and oxygen atoms in total. The molecule has 11 heteroatoms. The van der Waals surface area contributed by atoms with E-state index in [-0.39, 0.29) is 18.8 Å². The highest BCUT2D eigenvalue weighted by Gasteiger charge is 2.42. The van der Waals surface area contributed by atoms with Crippen molar-refractivity contribution < 1.29 is 21.6 Å². The molecule has 1 unspecified atom stereocenters. The second kappa shape index (κ2) is 6.71. The minimum atomic E-state index is -4.17. The summed E-state index contributed by atoms with van der Waals surface area (Å²) in [6, 6.07) is -0.432. The maximum atomic E-state index is 12.7. The molecule has 0 bridgehead atoms. The molecular formula is C12H20F3N5O2S. The molecule has 0 aromatic carbocycles. The summed E-state index contributed by atoms with van der Waals surface area (Å²) in [6.07, 6.45) is -2.92. The Labute approximate surface area is 132 Å². The lowest BCUT2D eigenvalue weighted by Crippen LogP contribution is -2.42. The zero-order valence-electron chi connectivity index (χ0n) is 12.9. The summed E-state index contributed by atoms with van der Waals surface area (Å²) in [6.45, 7) is 1.80. The van der Waals surface area contributed by atoms with E-state index in [1.165, 1.54) is 7.05 Å². The maximum absolute atomic E-state index is 12.7. The fourth-order valence-electron chi connectivity index (χ4n) is 2.99. The number of alkyl halides is 3. The first-order chi connectivity index (χ1) is 10.6. The lowest BCUT2D eigenvalue weighted by atomic mass is 9.78. The number of rotatable bonds is 5. The van der Waals surface area contributed by atoms with Crippen LogP contribution in [0, 0.1) is 11.8 Å². The SMILES string of the molecule is CCC(NS(=O)(=O)c1nnn(C)n1)C1CCC(C(F)(F)F)CC1. The highest BCUT2D eigenvalue weighted by Crippen LogP contribution is 2.40. The molecule has 1 aliphatic rings. The Morgan fingerprint density at radius 2 is 1.91 bits per heavy atom. The zero-order valence-corrected chi connectivity index (χ0v) is 13.7. The molecule has 0 aliphatic heterocycles. The molecule has 1 aromatic heterocycles. The van der Waals surface area contributed by atoms with Crippen molar-refractivity contribution in [3.05, 3.63) is 0 Å². The Kier molecular flexibility index (Phi) is 5.29. The van der Waals surface area contributed by atoms with Crippen molar-refractivity contribution in [2.45, 2.75) is 56.4 Å². The van der Waals surface area contributed by atoms with Gasteiger partial charge < -0.3 is 0 Å². The number of halogens is 3. The lowest BCUT2D eigenvalue weighted by molar-refractivity contribution is -0.184. The number of sulfonamides is 1. The molecule has 0 spiro atoms. The van der Waals surface area contributed by atoms with Gasteiger partial charge in [-0.05, 0) is 43.2 Å². The molecular weight excluding hydrogens is 335 g/mol. The number of aromatic nitrogens is 4. The third-order valence-electron chi connectivity index (χ3n) is 4.28. The Morgan fingerprint density at radius 1 is 1.30 bits per heavy atom. The van der Waals surface area contributed by atoms with Gasteiger partial charge in [0, 0.05) is 6.04 Å². The summed E-state index contributed by atoms with van der Waals surface area (Å²) in [4.78, 5) is 1.03. The molecule has 2 rings (SSSR count). The molecule has 132 valence electrons. The predicted octanol–water partition coefficient (Wildman–Crippen LogP) is 1.64. The molecule has 0 saturated heterocycles. The van der Waals surface area contributed by atoms with Crippen LogP contribution in [0.15, 0.2) is 5.16 Å². The Hall–Kier alpha value is -1.23. The van der Waals surface area contributed by atoms with Crippen LogP contribution in [0.25, 0.3) is 0 Å². The Balaban J connectivity index is 2.01. The minimum absolute atomic E-state index is 0.0375. The molecule has 1 heterocycles. The summed E-state index contributed by atoms with van der Waals surface area (Å²) in [7, 11) is -2.47. The molecule has 1 fully saturated rings. The normalized spacial score (nSPS) is 24.6. The van der Waals surface area contributed by atoms with Crippen molar-refractivity contribution in [2.75, 3.05) is 0 Å². The van der Waals surface area contributed by atoms with E-state index in [4.69, 9.17) is 0 Å². The van der Waals surface area contributed by atoms with E-state index in [2.05, 4.69) is 20.1 Å². The predicted molar refractivity (Wildman–Crippen MR) is 74.7 cm³/mol. The highest BCUT2D eigenvalue weighted by molar-refractivity contribution is 7.89. The van der Waals surface area contributed by atoms with Crippen molar-refractivity contribution in [1.82, 2.24) is 24.9 Å². The van der Waals surface area contributed by atoms with E-state index in [0.29, 0.717) is 19.3 Å². The second-order valence-electron chi connectivity index (χ2n) is 5.85. The van der Waals surface area contributed by atoms with E-state index < -0.39 is 33.3 Å². The summed E-state index contributed by atoms with van der Waals surface area (Å²) < 4.78 is 65.1. The number of nitrogens with one attached hydrogen (secondary N) is 1. The van der Waals surface area contributed by atoms with Gasteiger partial charge in [-0.3, -0.25) is 0 Å². The Morgan fingerprint density at radius 3 is 2.35 bits per heavy atom. The number of hydrogen-bond donors (Lipinski definition) is 1. The average Bonchev–Trinajstić information content (AvgIpc) is 2.91. The molecule has 0 radical (unpaired) electrons. The van der Waals surface area contributed by atoms with Gasteiger partial charge in [0.05, 0.1) is 13.0 Å². The summed E-state index contributed by atoms with van der Waals surface area (Å²) in [5.74, 6) is -1.40. The van der Waals surface area contributed by atoms with Gasteiger partial charge in [-0.1, -0.05) is 12.0 Å². The smallest absolute Gasteiger partial charge is 0.205 e. The lowest BCUT2D eigenvalue weighted by Gasteiger charge is -2.34. The Bertz CT molecular complexity index is 623. The van der Waals surface area contributed by atoms with Crippen LogP contribution >= 0.6 is 0 Å². The average molecular weight is 355 g/mol. The van der Waals surface area contributed by atoms with Crippen molar-refractivity contribution in [3.63, 3.8) is 0 Å². The summed E-state index contributed by atoms with van der Waals surface area (Å²) in [5.41, 5.74) is 0. The van der Waals surface area contributed by atoms with E-state index in [1.54, 1.807) is 6.92 Å². The monoisotopic (exact) mass is 355 g/mol. The van der Waals surface area contributed by atoms with Gasteiger partial charge >= 0.3 is 11.3 Å². The first kappa shape index (κ1) is 18.1. The number of aryl methyl sites for hydroxylation is 1. The van der Waals surface area contributed by atoms with Crippen molar-refractivity contribution in [3.8, 4) is 0 Å². The zero-order chi connectivity index (χ0) is 17.3. The third kappa shape index (κ3) is 4.40. The largest absolute Gasteiger partial charge is 0.391 e. The van der Waals surface area contributed by atoms with Gasteiger partial charge in [-0.25, -0.2) is 13.1 Å². The fourth-order valence-corrected chi connectivity index (χ4v) is 4.22. The fraction of sp³-hybridized carbons (Fsp3) is 0.917. The van der Waals surface area contributed by atoms with Crippen molar-refractivity contribution in [1.29, 1.82) is 0 Å². The summed E-state index contributed by atoms with van der Waals surface area (Å²) >= 11 is 0. The molecule has 1 atom stereocenters. The van der Waals surface area contributed by atoms with Crippen LogP contribution in [0.1, 0.15) is 39.0 Å². The topological polar surface area (TPSA) is 89.8 Å². The molecule has 23 heavy (non-hydrogen) atoms. The van der Waals surface area contributed by atoms with Gasteiger partial charge in [0.25, 0.3) is 10.0 Å². The summed E-state index contributed by atoms with van der Waals surface area (Å²) in [5, 5.41) is 10.2. The van der Waals surface area contributed by atoms with Crippen LogP contribution in [0.5, 0.6) is 0 Å². The van der Waals surface area contributed by atoms with Crippen LogP contribution in [0.2, 0.25) is 0 Å². The molecule has 1 saturated carbocycles. The van der Waals surface area contributed by atoms with Gasteiger partial charge in [-0.2, -0.15) is 18.0 Å². The van der Waals surface area contributed by atoms with E-state index in [0.717, 1.165) is 4.80 Å². The van der Waals surface area contributed by atoms with Gasteiger partial charge in [0.15, 0.2) is 0 Å². The third-order valence-corrected chi connectivity index (χ3v) is 5.54.